The van der Waals surface area contributed by atoms with E-state index in [0.29, 0.717) is 4.77 Å². The van der Waals surface area contributed by atoms with E-state index in [2.05, 4.69) is 53.4 Å². The van der Waals surface area contributed by atoms with Gasteiger partial charge in [0.05, 0.1) is 6.21 Å². The molecule has 0 aliphatic rings. The SMILES string of the molecule is CCCCc1n[nH]c(=S)n1/N=C\c1ccc(CC)cc1. The number of aromatic amines is 1. The molecule has 1 heterocycles. The Balaban J connectivity index is 2.17. The topological polar surface area (TPSA) is 46.0 Å². The van der Waals surface area contributed by atoms with E-state index in [9.17, 15) is 0 Å². The quantitative estimate of drug-likeness (QED) is 0.650. The Morgan fingerprint density at radius 2 is 2.05 bits per heavy atom. The smallest absolute Gasteiger partial charge is 0.216 e. The summed E-state index contributed by atoms with van der Waals surface area (Å²) < 4.78 is 2.25. The van der Waals surface area contributed by atoms with E-state index in [1.807, 2.05) is 6.21 Å². The number of nitrogens with zero attached hydrogens (tertiary/aromatic N) is 3. The van der Waals surface area contributed by atoms with Crippen LogP contribution in [0.15, 0.2) is 29.4 Å². The molecule has 20 heavy (non-hydrogen) atoms. The van der Waals surface area contributed by atoms with E-state index in [1.54, 1.807) is 4.68 Å². The van der Waals surface area contributed by atoms with Crippen LogP contribution in [0.1, 0.15) is 43.6 Å². The van der Waals surface area contributed by atoms with E-state index in [0.717, 1.165) is 37.1 Å². The number of aromatic nitrogens is 3. The van der Waals surface area contributed by atoms with Gasteiger partial charge in [-0.25, -0.2) is 0 Å². The van der Waals surface area contributed by atoms with Crippen molar-refractivity contribution in [2.75, 3.05) is 0 Å². The van der Waals surface area contributed by atoms with Crippen molar-refractivity contribution in [3.05, 3.63) is 46.0 Å². The van der Waals surface area contributed by atoms with Crippen molar-refractivity contribution in [2.45, 2.75) is 39.5 Å². The van der Waals surface area contributed by atoms with Crippen molar-refractivity contribution in [2.24, 2.45) is 5.10 Å². The summed E-state index contributed by atoms with van der Waals surface area (Å²) in [5, 5.41) is 11.5. The number of benzene rings is 1. The normalized spacial score (nSPS) is 11.3. The summed E-state index contributed by atoms with van der Waals surface area (Å²) in [6, 6.07) is 8.37. The molecule has 0 atom stereocenters. The monoisotopic (exact) mass is 288 g/mol. The highest BCUT2D eigenvalue weighted by Crippen LogP contribution is 2.05. The van der Waals surface area contributed by atoms with Crippen LogP contribution < -0.4 is 0 Å². The Morgan fingerprint density at radius 1 is 1.30 bits per heavy atom. The van der Waals surface area contributed by atoms with Crippen molar-refractivity contribution in [1.29, 1.82) is 0 Å². The molecule has 5 heteroatoms. The average molecular weight is 288 g/mol. The maximum absolute atomic E-state index is 5.21. The van der Waals surface area contributed by atoms with Crippen molar-refractivity contribution < 1.29 is 0 Å². The molecule has 2 rings (SSSR count). The molecule has 0 bridgehead atoms. The summed E-state index contributed by atoms with van der Waals surface area (Å²) >= 11 is 5.21. The summed E-state index contributed by atoms with van der Waals surface area (Å²) in [4.78, 5) is 0. The number of rotatable bonds is 6. The molecule has 0 saturated heterocycles. The van der Waals surface area contributed by atoms with Gasteiger partial charge in [0.25, 0.3) is 0 Å². The maximum Gasteiger partial charge on any atom is 0.216 e. The van der Waals surface area contributed by atoms with Crippen LogP contribution in [0.5, 0.6) is 0 Å². The van der Waals surface area contributed by atoms with E-state index in [-0.39, 0.29) is 0 Å². The lowest BCUT2D eigenvalue weighted by atomic mass is 10.1. The number of H-pyrrole nitrogens is 1. The average Bonchev–Trinajstić information content (AvgIpc) is 2.84. The molecular weight excluding hydrogens is 268 g/mol. The fraction of sp³-hybridized carbons (Fsp3) is 0.400. The molecule has 4 nitrogen and oxygen atoms in total. The molecule has 106 valence electrons. The van der Waals surface area contributed by atoms with Crippen molar-refractivity contribution >= 4 is 18.4 Å². The summed E-state index contributed by atoms with van der Waals surface area (Å²) in [6.45, 7) is 4.30. The fourth-order valence-electron chi connectivity index (χ4n) is 1.90. The lowest BCUT2D eigenvalue weighted by Crippen LogP contribution is -1.99. The predicted octanol–water partition coefficient (Wildman–Crippen LogP) is 3.73. The zero-order chi connectivity index (χ0) is 14.4. The Morgan fingerprint density at radius 3 is 2.70 bits per heavy atom. The Labute approximate surface area is 124 Å². The van der Waals surface area contributed by atoms with E-state index >= 15 is 0 Å². The van der Waals surface area contributed by atoms with Gasteiger partial charge in [0.2, 0.25) is 4.77 Å². The van der Waals surface area contributed by atoms with Crippen LogP contribution in [-0.4, -0.2) is 21.1 Å². The first kappa shape index (κ1) is 14.7. The Hall–Kier alpha value is -1.75. The first-order chi connectivity index (χ1) is 9.74. The highest BCUT2D eigenvalue weighted by atomic mass is 32.1. The van der Waals surface area contributed by atoms with Gasteiger partial charge in [-0.3, -0.25) is 5.10 Å². The van der Waals surface area contributed by atoms with Gasteiger partial charge in [0.15, 0.2) is 5.82 Å². The highest BCUT2D eigenvalue weighted by Gasteiger charge is 2.03. The summed E-state index contributed by atoms with van der Waals surface area (Å²) in [7, 11) is 0. The van der Waals surface area contributed by atoms with Crippen LogP contribution in [0.25, 0.3) is 0 Å². The molecular formula is C15H20N4S. The minimum Gasteiger partial charge on any atom is -0.250 e. The van der Waals surface area contributed by atoms with Crippen molar-refractivity contribution in [1.82, 2.24) is 14.9 Å². The molecule has 0 amide bonds. The predicted molar refractivity (Wildman–Crippen MR) is 84.8 cm³/mol. The number of nitrogens with one attached hydrogen (secondary N) is 1. The second kappa shape index (κ2) is 7.14. The van der Waals surface area contributed by atoms with Crippen LogP contribution in [-0.2, 0) is 12.8 Å². The van der Waals surface area contributed by atoms with Crippen LogP contribution in [0.2, 0.25) is 0 Å². The van der Waals surface area contributed by atoms with Gasteiger partial charge < -0.3 is 0 Å². The maximum atomic E-state index is 5.21. The van der Waals surface area contributed by atoms with Crippen molar-refractivity contribution in [3.8, 4) is 0 Å². The Bertz CT molecular complexity index is 622. The van der Waals surface area contributed by atoms with Gasteiger partial charge in [-0.05, 0) is 36.2 Å². The van der Waals surface area contributed by atoms with Crippen LogP contribution in [0.4, 0.5) is 0 Å². The van der Waals surface area contributed by atoms with E-state index in [1.165, 1.54) is 5.56 Å². The van der Waals surface area contributed by atoms with Crippen LogP contribution in [0, 0.1) is 4.77 Å². The molecule has 0 saturated carbocycles. The van der Waals surface area contributed by atoms with Crippen LogP contribution >= 0.6 is 12.2 Å². The van der Waals surface area contributed by atoms with E-state index < -0.39 is 0 Å². The summed E-state index contributed by atoms with van der Waals surface area (Å²) in [5.74, 6) is 0.887. The van der Waals surface area contributed by atoms with Gasteiger partial charge >= 0.3 is 0 Å². The summed E-state index contributed by atoms with van der Waals surface area (Å²) in [6.07, 6.45) is 5.96. The van der Waals surface area contributed by atoms with E-state index in [4.69, 9.17) is 12.2 Å². The number of aryl methyl sites for hydroxylation is 2. The molecule has 0 fully saturated rings. The third-order valence-electron chi connectivity index (χ3n) is 3.18. The van der Waals surface area contributed by atoms with Gasteiger partial charge in [0.1, 0.15) is 0 Å². The zero-order valence-electron chi connectivity index (χ0n) is 12.0. The molecule has 0 aliphatic carbocycles. The third kappa shape index (κ3) is 3.63. The molecule has 0 aliphatic heterocycles. The molecule has 0 unspecified atom stereocenters. The molecule has 1 N–H and O–H groups in total. The first-order valence-electron chi connectivity index (χ1n) is 7.04. The van der Waals surface area contributed by atoms with Gasteiger partial charge in [0, 0.05) is 6.42 Å². The standard InChI is InChI=1S/C15H20N4S/c1-3-5-6-14-17-18-15(20)19(14)16-11-13-9-7-12(4-2)8-10-13/h7-11H,3-6H2,1-2H3,(H,18,20)/b16-11-. The Kier molecular flexibility index (Phi) is 5.24. The number of hydrogen-bond acceptors (Lipinski definition) is 3. The molecule has 1 aromatic carbocycles. The largest absolute Gasteiger partial charge is 0.250 e. The lowest BCUT2D eigenvalue weighted by molar-refractivity contribution is 0.700. The second-order valence-corrected chi connectivity index (χ2v) is 5.09. The zero-order valence-corrected chi connectivity index (χ0v) is 12.8. The molecule has 0 spiro atoms. The molecule has 1 aromatic heterocycles. The van der Waals surface area contributed by atoms with Crippen LogP contribution in [0.3, 0.4) is 0 Å². The molecule has 0 radical (unpaired) electrons. The first-order valence-corrected chi connectivity index (χ1v) is 7.45. The minimum atomic E-state index is 0.539. The van der Waals surface area contributed by atoms with Crippen molar-refractivity contribution in [3.63, 3.8) is 0 Å². The third-order valence-corrected chi connectivity index (χ3v) is 3.45. The summed E-state index contributed by atoms with van der Waals surface area (Å²) in [5.41, 5.74) is 2.39. The highest BCUT2D eigenvalue weighted by molar-refractivity contribution is 7.71. The number of hydrogen-bond donors (Lipinski definition) is 1. The lowest BCUT2D eigenvalue weighted by Gasteiger charge is -2.00. The van der Waals surface area contributed by atoms with Gasteiger partial charge in [-0.1, -0.05) is 44.5 Å². The second-order valence-electron chi connectivity index (χ2n) is 4.70. The van der Waals surface area contributed by atoms with Gasteiger partial charge in [-0.15, -0.1) is 0 Å². The molecule has 2 aromatic rings. The fourth-order valence-corrected chi connectivity index (χ4v) is 2.10. The van der Waals surface area contributed by atoms with Gasteiger partial charge in [-0.2, -0.15) is 14.9 Å². The minimum absolute atomic E-state index is 0.539. The number of unbranched alkanes of at least 4 members (excludes halogenated alkanes) is 1.